The average molecular weight is 609 g/mol. The van der Waals surface area contributed by atoms with E-state index in [9.17, 15) is 9.18 Å². The van der Waals surface area contributed by atoms with E-state index in [2.05, 4.69) is 4.98 Å². The number of nitrogens with zero attached hydrogens (tertiary/aromatic N) is 4. The van der Waals surface area contributed by atoms with Gasteiger partial charge in [-0.05, 0) is 61.9 Å². The normalized spacial score (nSPS) is 15.3. The van der Waals surface area contributed by atoms with Gasteiger partial charge >= 0.3 is 5.97 Å². The molecule has 1 unspecified atom stereocenters. The first kappa shape index (κ1) is 29.9. The summed E-state index contributed by atoms with van der Waals surface area (Å²) in [7, 11) is 1.34. The molecule has 8 nitrogen and oxygen atoms in total. The number of hydrogen-bond donors (Lipinski definition) is 0. The van der Waals surface area contributed by atoms with Crippen LogP contribution in [0.3, 0.4) is 0 Å². The number of halogens is 2. The molecule has 0 spiro atoms. The molecule has 1 fully saturated rings. The number of benzene rings is 3. The van der Waals surface area contributed by atoms with Gasteiger partial charge in [-0.3, -0.25) is 0 Å². The van der Waals surface area contributed by atoms with Gasteiger partial charge in [0.05, 0.1) is 59.3 Å². The van der Waals surface area contributed by atoms with Crippen molar-refractivity contribution in [2.75, 3.05) is 7.11 Å². The Labute approximate surface area is 258 Å². The zero-order chi connectivity index (χ0) is 31.7. The first-order valence-corrected chi connectivity index (χ1v) is 14.4. The van der Waals surface area contributed by atoms with Crippen LogP contribution in [0.25, 0.3) is 22.3 Å². The summed E-state index contributed by atoms with van der Waals surface area (Å²) in [4.78, 5) is 21.5. The third-order valence-electron chi connectivity index (χ3n) is 7.82. The number of nitriles is 1. The minimum atomic E-state index is -0.538. The SMILES string of the molecule is COC(=O)c1ccc2nc(Cc3ccc(-c4cccc(OCc5ccc(C#N)cc5F)n4)cc3F)n(CC3CC(C)(C)O3)c2c1. The fourth-order valence-electron chi connectivity index (χ4n) is 5.61. The summed E-state index contributed by atoms with van der Waals surface area (Å²) in [6, 6.07) is 21.3. The van der Waals surface area contributed by atoms with Crippen LogP contribution in [0.15, 0.2) is 72.8 Å². The fraction of sp³-hybridized carbons (Fsp3) is 0.257. The highest BCUT2D eigenvalue weighted by Crippen LogP contribution is 2.34. The van der Waals surface area contributed by atoms with Crippen molar-refractivity contribution in [3.8, 4) is 23.2 Å². The third kappa shape index (κ3) is 6.40. The maximum Gasteiger partial charge on any atom is 0.337 e. The second-order valence-electron chi connectivity index (χ2n) is 11.6. The molecule has 1 saturated heterocycles. The van der Waals surface area contributed by atoms with Crippen molar-refractivity contribution >= 4 is 17.0 Å². The smallest absolute Gasteiger partial charge is 0.337 e. The van der Waals surface area contributed by atoms with Gasteiger partial charge < -0.3 is 18.8 Å². The number of ether oxygens (including phenoxy) is 3. The van der Waals surface area contributed by atoms with Gasteiger partial charge in [0.15, 0.2) is 0 Å². The standard InChI is InChI=1S/C35H30F2N4O4/c1-35(2)17-26(45-35)19-41-31-15-24(34(42)43-3)11-12-30(31)39-32(41)16-22-9-10-23(14-28(22)37)29-5-4-6-33(40-29)44-20-25-8-7-21(18-38)13-27(25)36/h4-15,26H,16-17,19-20H2,1-3H3. The molecular weight excluding hydrogens is 578 g/mol. The van der Waals surface area contributed by atoms with Crippen molar-refractivity contribution < 1.29 is 27.8 Å². The summed E-state index contributed by atoms with van der Waals surface area (Å²) in [6.07, 6.45) is 1.06. The lowest BCUT2D eigenvalue weighted by Gasteiger charge is -2.43. The summed E-state index contributed by atoms with van der Waals surface area (Å²) in [5, 5.41) is 8.94. The van der Waals surface area contributed by atoms with E-state index in [1.54, 1.807) is 48.5 Å². The molecule has 0 N–H and O–H groups in total. The largest absolute Gasteiger partial charge is 0.473 e. The Morgan fingerprint density at radius 2 is 1.82 bits per heavy atom. The first-order valence-electron chi connectivity index (χ1n) is 14.4. The molecule has 1 aliphatic heterocycles. The highest BCUT2D eigenvalue weighted by atomic mass is 19.1. The molecular formula is C35H30F2N4O4. The lowest BCUT2D eigenvalue weighted by atomic mass is 9.93. The van der Waals surface area contributed by atoms with Crippen LogP contribution in [0.2, 0.25) is 0 Å². The van der Waals surface area contributed by atoms with E-state index in [0.717, 1.165) is 18.0 Å². The fourth-order valence-corrected chi connectivity index (χ4v) is 5.61. The van der Waals surface area contributed by atoms with Gasteiger partial charge in [0, 0.05) is 30.0 Å². The molecule has 0 aliphatic carbocycles. The molecule has 10 heteroatoms. The lowest BCUT2D eigenvalue weighted by molar-refractivity contribution is -0.188. The Morgan fingerprint density at radius 1 is 1.04 bits per heavy atom. The molecule has 6 rings (SSSR count). The van der Waals surface area contributed by atoms with Gasteiger partial charge in [-0.1, -0.05) is 24.3 Å². The van der Waals surface area contributed by atoms with Crippen LogP contribution in [-0.2, 0) is 29.0 Å². The Balaban J connectivity index is 1.23. The Hall–Kier alpha value is -5.14. The van der Waals surface area contributed by atoms with Crippen LogP contribution in [0.1, 0.15) is 53.1 Å². The van der Waals surface area contributed by atoms with Crippen molar-refractivity contribution in [2.45, 2.75) is 51.5 Å². The van der Waals surface area contributed by atoms with Crippen LogP contribution in [-0.4, -0.2) is 39.3 Å². The maximum atomic E-state index is 15.6. The molecule has 0 bridgehead atoms. The molecule has 1 atom stereocenters. The van der Waals surface area contributed by atoms with Gasteiger partial charge in [0.2, 0.25) is 5.88 Å². The number of esters is 1. The van der Waals surface area contributed by atoms with E-state index < -0.39 is 17.6 Å². The van der Waals surface area contributed by atoms with Crippen LogP contribution < -0.4 is 4.74 Å². The van der Waals surface area contributed by atoms with Gasteiger partial charge in [0.1, 0.15) is 24.1 Å². The van der Waals surface area contributed by atoms with Gasteiger partial charge in [-0.25, -0.2) is 23.5 Å². The average Bonchev–Trinajstić information content (AvgIpc) is 3.36. The number of methoxy groups -OCH3 is 1. The molecule has 228 valence electrons. The number of fused-ring (bicyclic) bond motifs is 1. The Kier molecular flexibility index (Phi) is 8.04. The van der Waals surface area contributed by atoms with Crippen LogP contribution in [0.4, 0.5) is 8.78 Å². The van der Waals surface area contributed by atoms with Crippen LogP contribution >= 0.6 is 0 Å². The molecule has 3 aromatic carbocycles. The predicted octanol–water partition coefficient (Wildman–Crippen LogP) is 6.77. The highest BCUT2D eigenvalue weighted by molar-refractivity contribution is 5.93. The number of carbonyl (C=O) groups excluding carboxylic acids is 1. The minimum absolute atomic E-state index is 0.0286. The second-order valence-corrected chi connectivity index (χ2v) is 11.6. The molecule has 0 saturated carbocycles. The topological polar surface area (TPSA) is 99.3 Å². The van der Waals surface area contributed by atoms with Crippen molar-refractivity contribution in [2.24, 2.45) is 0 Å². The quantitative estimate of drug-likeness (QED) is 0.170. The predicted molar refractivity (Wildman–Crippen MR) is 163 cm³/mol. The third-order valence-corrected chi connectivity index (χ3v) is 7.82. The maximum absolute atomic E-state index is 15.6. The molecule has 0 radical (unpaired) electrons. The number of aromatic nitrogens is 3. The van der Waals surface area contributed by atoms with Crippen molar-refractivity contribution in [1.82, 2.24) is 14.5 Å². The number of pyridine rings is 1. The molecule has 45 heavy (non-hydrogen) atoms. The van der Waals surface area contributed by atoms with Crippen molar-refractivity contribution in [3.05, 3.63) is 113 Å². The molecule has 0 amide bonds. The summed E-state index contributed by atoms with van der Waals surface area (Å²) in [5.41, 5.74) is 3.65. The van der Waals surface area contributed by atoms with E-state index in [0.29, 0.717) is 40.3 Å². The van der Waals surface area contributed by atoms with Gasteiger partial charge in [0.25, 0.3) is 0 Å². The van der Waals surface area contributed by atoms with E-state index in [1.807, 2.05) is 24.5 Å². The molecule has 3 heterocycles. The summed E-state index contributed by atoms with van der Waals surface area (Å²) < 4.78 is 48.5. The molecule has 1 aliphatic rings. The first-order chi connectivity index (χ1) is 21.6. The van der Waals surface area contributed by atoms with Crippen LogP contribution in [0, 0.1) is 23.0 Å². The van der Waals surface area contributed by atoms with E-state index in [-0.39, 0.29) is 41.7 Å². The summed E-state index contributed by atoms with van der Waals surface area (Å²) in [6.45, 7) is 4.51. The van der Waals surface area contributed by atoms with Gasteiger partial charge in [-0.15, -0.1) is 0 Å². The number of hydrogen-bond acceptors (Lipinski definition) is 7. The minimum Gasteiger partial charge on any atom is -0.473 e. The van der Waals surface area contributed by atoms with E-state index >= 15 is 4.39 Å². The van der Waals surface area contributed by atoms with Crippen molar-refractivity contribution in [1.29, 1.82) is 5.26 Å². The number of imidazole rings is 1. The number of carbonyl (C=O) groups is 1. The second kappa shape index (κ2) is 12.1. The van der Waals surface area contributed by atoms with E-state index in [1.165, 1.54) is 25.3 Å². The zero-order valence-corrected chi connectivity index (χ0v) is 25.0. The molecule has 5 aromatic rings. The zero-order valence-electron chi connectivity index (χ0n) is 25.0. The van der Waals surface area contributed by atoms with E-state index in [4.69, 9.17) is 24.5 Å². The summed E-state index contributed by atoms with van der Waals surface area (Å²) in [5.74, 6) is -0.504. The Morgan fingerprint density at radius 3 is 2.53 bits per heavy atom. The number of rotatable bonds is 9. The van der Waals surface area contributed by atoms with Gasteiger partial charge in [-0.2, -0.15) is 5.26 Å². The highest BCUT2D eigenvalue weighted by Gasteiger charge is 2.37. The summed E-state index contributed by atoms with van der Waals surface area (Å²) >= 11 is 0. The van der Waals surface area contributed by atoms with Crippen LogP contribution in [0.5, 0.6) is 5.88 Å². The Bertz CT molecular complexity index is 1960. The lowest BCUT2D eigenvalue weighted by Crippen LogP contribution is -2.47. The molecule has 2 aromatic heterocycles. The van der Waals surface area contributed by atoms with Crippen molar-refractivity contribution in [3.63, 3.8) is 0 Å². The monoisotopic (exact) mass is 608 g/mol.